The van der Waals surface area contributed by atoms with Crippen molar-refractivity contribution in [2.24, 2.45) is 5.41 Å². The Balaban J connectivity index is 0.000000980. The van der Waals surface area contributed by atoms with Gasteiger partial charge in [0.25, 0.3) is 0 Å². The molecule has 2 aliphatic heterocycles. The number of carbonyl (C=O) groups is 2. The molecule has 0 unspecified atom stereocenters. The van der Waals surface area contributed by atoms with Crippen molar-refractivity contribution in [1.29, 1.82) is 0 Å². The Morgan fingerprint density at radius 1 is 1.07 bits per heavy atom. The third kappa shape index (κ3) is 1.91. The quantitative estimate of drug-likeness (QED) is 0.572. The van der Waals surface area contributed by atoms with Crippen molar-refractivity contribution in [1.82, 2.24) is 10.6 Å². The minimum Gasteiger partial charge on any atom is -0.317 e. The van der Waals surface area contributed by atoms with Crippen LogP contribution in [-0.4, -0.2) is 24.9 Å². The molecule has 2 fully saturated rings. The van der Waals surface area contributed by atoms with Gasteiger partial charge >= 0.3 is 0 Å². The molecule has 0 aromatic carbocycles. The maximum absolute atomic E-state index is 11.6. The first-order chi connectivity index (χ1) is 6.23. The monoisotopic (exact) mass is 218 g/mol. The maximum Gasteiger partial charge on any atom is 0.232 e. The Bertz CT molecular complexity index is 249. The molecule has 1 spiro atoms. The second kappa shape index (κ2) is 4.28. The average Bonchev–Trinajstić information content (AvgIpc) is 2.14. The fourth-order valence-corrected chi connectivity index (χ4v) is 2.17. The van der Waals surface area contributed by atoms with E-state index in [0.29, 0.717) is 6.42 Å². The van der Waals surface area contributed by atoms with E-state index >= 15 is 0 Å². The third-order valence-corrected chi connectivity index (χ3v) is 3.13. The zero-order chi connectivity index (χ0) is 9.31. The molecular formula is C9H15ClN2O2. The minimum absolute atomic E-state index is 0. The number of amides is 2. The van der Waals surface area contributed by atoms with E-state index in [4.69, 9.17) is 0 Å². The molecule has 2 heterocycles. The van der Waals surface area contributed by atoms with Gasteiger partial charge in [-0.15, -0.1) is 12.4 Å². The molecule has 14 heavy (non-hydrogen) atoms. The van der Waals surface area contributed by atoms with E-state index in [0.717, 1.165) is 32.4 Å². The molecule has 2 amide bonds. The standard InChI is InChI=1S/C9H14N2O2.ClH/c12-7-1-2-9(8(13)11-7)3-5-10-6-4-9;/h10H,1-6H2,(H,11,12,13);1H. The molecule has 2 saturated heterocycles. The van der Waals surface area contributed by atoms with Crippen LogP contribution in [0.1, 0.15) is 25.7 Å². The predicted octanol–water partition coefficient (Wildman–Crippen LogP) is 0.215. The van der Waals surface area contributed by atoms with E-state index in [1.54, 1.807) is 0 Å². The zero-order valence-electron chi connectivity index (χ0n) is 7.97. The summed E-state index contributed by atoms with van der Waals surface area (Å²) in [7, 11) is 0. The first kappa shape index (κ1) is 11.5. The molecule has 0 aliphatic carbocycles. The predicted molar refractivity (Wildman–Crippen MR) is 54.2 cm³/mol. The molecular weight excluding hydrogens is 204 g/mol. The molecule has 2 N–H and O–H groups in total. The summed E-state index contributed by atoms with van der Waals surface area (Å²) < 4.78 is 0. The van der Waals surface area contributed by atoms with E-state index < -0.39 is 0 Å². The first-order valence-corrected chi connectivity index (χ1v) is 4.78. The van der Waals surface area contributed by atoms with E-state index in [2.05, 4.69) is 10.6 Å². The summed E-state index contributed by atoms with van der Waals surface area (Å²) in [4.78, 5) is 22.6. The smallest absolute Gasteiger partial charge is 0.232 e. The molecule has 0 radical (unpaired) electrons. The van der Waals surface area contributed by atoms with Crippen LogP contribution in [0.3, 0.4) is 0 Å². The van der Waals surface area contributed by atoms with E-state index in [9.17, 15) is 9.59 Å². The van der Waals surface area contributed by atoms with Crippen LogP contribution in [0.2, 0.25) is 0 Å². The van der Waals surface area contributed by atoms with Crippen molar-refractivity contribution < 1.29 is 9.59 Å². The highest BCUT2D eigenvalue weighted by atomic mass is 35.5. The number of carbonyl (C=O) groups excluding carboxylic acids is 2. The minimum atomic E-state index is -0.237. The highest BCUT2D eigenvalue weighted by Crippen LogP contribution is 2.36. The fourth-order valence-electron chi connectivity index (χ4n) is 2.17. The van der Waals surface area contributed by atoms with E-state index in [-0.39, 0.29) is 29.6 Å². The number of hydrogen-bond donors (Lipinski definition) is 2. The van der Waals surface area contributed by atoms with Gasteiger partial charge in [-0.25, -0.2) is 0 Å². The Labute approximate surface area is 89.2 Å². The summed E-state index contributed by atoms with van der Waals surface area (Å²) in [5.74, 6) is -0.167. The largest absolute Gasteiger partial charge is 0.317 e. The van der Waals surface area contributed by atoms with Crippen LogP contribution < -0.4 is 10.6 Å². The molecule has 0 bridgehead atoms. The van der Waals surface area contributed by atoms with Gasteiger partial charge in [-0.1, -0.05) is 0 Å². The summed E-state index contributed by atoms with van der Waals surface area (Å²) in [5.41, 5.74) is -0.237. The van der Waals surface area contributed by atoms with Gasteiger partial charge in [0.15, 0.2) is 0 Å². The second-order valence-corrected chi connectivity index (χ2v) is 3.91. The number of halogens is 1. The zero-order valence-corrected chi connectivity index (χ0v) is 8.78. The van der Waals surface area contributed by atoms with Crippen LogP contribution in [0.25, 0.3) is 0 Å². The fraction of sp³-hybridized carbons (Fsp3) is 0.778. The number of rotatable bonds is 0. The normalized spacial score (nSPS) is 25.4. The van der Waals surface area contributed by atoms with Crippen LogP contribution in [0.5, 0.6) is 0 Å². The molecule has 2 rings (SSSR count). The Morgan fingerprint density at radius 2 is 1.71 bits per heavy atom. The Kier molecular flexibility index (Phi) is 3.50. The summed E-state index contributed by atoms with van der Waals surface area (Å²) in [6.45, 7) is 1.78. The topological polar surface area (TPSA) is 58.2 Å². The van der Waals surface area contributed by atoms with Gasteiger partial charge in [0.05, 0.1) is 5.41 Å². The summed E-state index contributed by atoms with van der Waals surface area (Å²) >= 11 is 0. The highest BCUT2D eigenvalue weighted by molar-refractivity contribution is 6.00. The second-order valence-electron chi connectivity index (χ2n) is 3.91. The molecule has 0 atom stereocenters. The van der Waals surface area contributed by atoms with Crippen molar-refractivity contribution in [3.05, 3.63) is 0 Å². The lowest BCUT2D eigenvalue weighted by molar-refractivity contribution is -0.143. The first-order valence-electron chi connectivity index (χ1n) is 4.78. The Hall–Kier alpha value is -0.610. The highest BCUT2D eigenvalue weighted by Gasteiger charge is 2.42. The molecule has 0 saturated carbocycles. The van der Waals surface area contributed by atoms with E-state index in [1.807, 2.05) is 0 Å². The molecule has 4 nitrogen and oxygen atoms in total. The van der Waals surface area contributed by atoms with Gasteiger partial charge < -0.3 is 5.32 Å². The molecule has 2 aliphatic rings. The van der Waals surface area contributed by atoms with Crippen molar-refractivity contribution in [3.8, 4) is 0 Å². The van der Waals surface area contributed by atoms with Crippen LogP contribution >= 0.6 is 12.4 Å². The number of nitrogens with one attached hydrogen (secondary N) is 2. The Morgan fingerprint density at radius 3 is 2.29 bits per heavy atom. The number of hydrogen-bond acceptors (Lipinski definition) is 3. The van der Waals surface area contributed by atoms with E-state index in [1.165, 1.54) is 0 Å². The van der Waals surface area contributed by atoms with Gasteiger partial charge in [-0.3, -0.25) is 14.9 Å². The summed E-state index contributed by atoms with van der Waals surface area (Å²) in [5, 5.41) is 5.66. The van der Waals surface area contributed by atoms with Crippen molar-refractivity contribution >= 4 is 24.2 Å². The lowest BCUT2D eigenvalue weighted by atomic mass is 9.73. The SMILES string of the molecule is Cl.O=C1CCC2(CCNCC2)C(=O)N1. The van der Waals surface area contributed by atoms with Gasteiger partial charge in [-0.05, 0) is 32.4 Å². The molecule has 80 valence electrons. The molecule has 5 heteroatoms. The van der Waals surface area contributed by atoms with Crippen molar-refractivity contribution in [3.63, 3.8) is 0 Å². The molecule has 0 aromatic heterocycles. The number of piperidine rings is 2. The maximum atomic E-state index is 11.6. The van der Waals surface area contributed by atoms with Crippen LogP contribution in [0.4, 0.5) is 0 Å². The van der Waals surface area contributed by atoms with Gasteiger partial charge in [0.2, 0.25) is 11.8 Å². The van der Waals surface area contributed by atoms with Crippen molar-refractivity contribution in [2.45, 2.75) is 25.7 Å². The van der Waals surface area contributed by atoms with Gasteiger partial charge in [0, 0.05) is 6.42 Å². The van der Waals surface area contributed by atoms with Crippen LogP contribution in [0, 0.1) is 5.41 Å². The summed E-state index contributed by atoms with van der Waals surface area (Å²) in [6.07, 6.45) is 2.98. The average molecular weight is 219 g/mol. The van der Waals surface area contributed by atoms with Gasteiger partial charge in [0.1, 0.15) is 0 Å². The van der Waals surface area contributed by atoms with Gasteiger partial charge in [-0.2, -0.15) is 0 Å². The third-order valence-electron chi connectivity index (χ3n) is 3.13. The lowest BCUT2D eigenvalue weighted by Crippen LogP contribution is -2.52. The van der Waals surface area contributed by atoms with Crippen LogP contribution in [-0.2, 0) is 9.59 Å². The molecule has 0 aromatic rings. The number of imide groups is 1. The van der Waals surface area contributed by atoms with Crippen molar-refractivity contribution in [2.75, 3.05) is 13.1 Å². The lowest BCUT2D eigenvalue weighted by Gasteiger charge is -2.38. The van der Waals surface area contributed by atoms with Crippen LogP contribution in [0.15, 0.2) is 0 Å². The summed E-state index contributed by atoms with van der Waals surface area (Å²) in [6, 6.07) is 0.